The van der Waals surface area contributed by atoms with E-state index in [2.05, 4.69) is 0 Å². The van der Waals surface area contributed by atoms with Crippen LogP contribution in [-0.2, 0) is 4.79 Å². The van der Waals surface area contributed by atoms with Crippen molar-refractivity contribution in [3.63, 3.8) is 0 Å². The molecule has 0 heterocycles. The summed E-state index contributed by atoms with van der Waals surface area (Å²) in [7, 11) is 0. The molecule has 10 heavy (non-hydrogen) atoms. The van der Waals surface area contributed by atoms with Gasteiger partial charge in [-0.3, -0.25) is 4.79 Å². The zero-order chi connectivity index (χ0) is 8.36. The average molecular weight is 143 g/mol. The Morgan fingerprint density at radius 2 is 2.20 bits per heavy atom. The van der Waals surface area contributed by atoms with E-state index in [1.165, 1.54) is 19.9 Å². The summed E-state index contributed by atoms with van der Waals surface area (Å²) in [6.07, 6.45) is 0. The second-order valence-corrected chi connectivity index (χ2v) is 2.32. The topological polar surface area (TPSA) is 81.3 Å². The number of aliphatic hydroxyl groups is 1. The number of nitriles is 1. The molecule has 0 amide bonds. The van der Waals surface area contributed by atoms with Gasteiger partial charge in [0.15, 0.2) is 5.60 Å². The fourth-order valence-electron chi connectivity index (χ4n) is 0.337. The molecular weight excluding hydrogens is 134 g/mol. The number of rotatable bonds is 2. The van der Waals surface area contributed by atoms with Gasteiger partial charge in [0.25, 0.3) is 0 Å². The Morgan fingerprint density at radius 1 is 1.80 bits per heavy atom. The lowest BCUT2D eigenvalue weighted by molar-refractivity contribution is -0.146. The van der Waals surface area contributed by atoms with E-state index in [4.69, 9.17) is 15.5 Å². The van der Waals surface area contributed by atoms with Crippen molar-refractivity contribution >= 4 is 5.97 Å². The number of aliphatic carboxylic acids is 1. The lowest BCUT2D eigenvalue weighted by Gasteiger charge is -2.17. The summed E-state index contributed by atoms with van der Waals surface area (Å²) in [4.78, 5) is 10.2. The predicted octanol–water partition coefficient (Wildman–Crippen LogP) is -0.0183. The van der Waals surface area contributed by atoms with Crippen LogP contribution in [0.4, 0.5) is 0 Å². The van der Waals surface area contributed by atoms with Crippen molar-refractivity contribution < 1.29 is 15.0 Å². The summed E-state index contributed by atoms with van der Waals surface area (Å²) in [5, 5.41) is 25.6. The van der Waals surface area contributed by atoms with Crippen molar-refractivity contribution in [3.8, 4) is 6.07 Å². The highest BCUT2D eigenvalue weighted by atomic mass is 16.4. The Bertz CT molecular complexity index is 180. The molecule has 0 saturated heterocycles. The smallest absolute Gasteiger partial charge is 0.310 e. The second-order valence-electron chi connectivity index (χ2n) is 2.32. The largest absolute Gasteiger partial charge is 0.481 e. The highest BCUT2D eigenvalue weighted by Crippen LogP contribution is 2.14. The zero-order valence-electron chi connectivity index (χ0n) is 5.83. The van der Waals surface area contributed by atoms with Crippen LogP contribution in [-0.4, -0.2) is 21.8 Å². The fraction of sp³-hybridized carbons (Fsp3) is 0.667. The predicted molar refractivity (Wildman–Crippen MR) is 33.0 cm³/mol. The zero-order valence-corrected chi connectivity index (χ0v) is 5.83. The van der Waals surface area contributed by atoms with E-state index >= 15 is 0 Å². The van der Waals surface area contributed by atoms with E-state index in [-0.39, 0.29) is 0 Å². The van der Waals surface area contributed by atoms with Gasteiger partial charge in [0.1, 0.15) is 0 Å². The van der Waals surface area contributed by atoms with Crippen LogP contribution >= 0.6 is 0 Å². The van der Waals surface area contributed by atoms with Crippen molar-refractivity contribution in [2.45, 2.75) is 19.4 Å². The Morgan fingerprint density at radius 3 is 2.30 bits per heavy atom. The van der Waals surface area contributed by atoms with Crippen LogP contribution in [0, 0.1) is 17.2 Å². The van der Waals surface area contributed by atoms with Gasteiger partial charge in [0, 0.05) is 0 Å². The molecule has 0 aromatic heterocycles. The molecule has 2 atom stereocenters. The normalized spacial score (nSPS) is 18.6. The minimum Gasteiger partial charge on any atom is -0.481 e. The lowest BCUT2D eigenvalue weighted by Crippen LogP contribution is -2.35. The summed E-state index contributed by atoms with van der Waals surface area (Å²) in [5.74, 6) is -2.23. The molecule has 0 saturated carbocycles. The van der Waals surface area contributed by atoms with Gasteiger partial charge in [-0.1, -0.05) is 0 Å². The minimum absolute atomic E-state index is 1.06. The highest BCUT2D eigenvalue weighted by molar-refractivity contribution is 5.71. The summed E-state index contributed by atoms with van der Waals surface area (Å²) < 4.78 is 0. The van der Waals surface area contributed by atoms with Crippen LogP contribution in [0.3, 0.4) is 0 Å². The molecule has 0 aliphatic rings. The molecule has 0 radical (unpaired) electrons. The number of hydrogen-bond acceptors (Lipinski definition) is 3. The standard InChI is InChI=1S/C6H9NO3/c1-4(5(8)9)6(2,10)3-7/h4,10H,1-2H3,(H,8,9). The van der Waals surface area contributed by atoms with Crippen LogP contribution in [0.1, 0.15) is 13.8 Å². The molecule has 0 aliphatic heterocycles. The fourth-order valence-corrected chi connectivity index (χ4v) is 0.337. The quantitative estimate of drug-likeness (QED) is 0.532. The van der Waals surface area contributed by atoms with Gasteiger partial charge in [0.05, 0.1) is 12.0 Å². The lowest BCUT2D eigenvalue weighted by atomic mass is 9.93. The van der Waals surface area contributed by atoms with Crippen LogP contribution in [0.15, 0.2) is 0 Å². The molecule has 0 aliphatic carbocycles. The summed E-state index contributed by atoms with van der Waals surface area (Å²) in [6.45, 7) is 2.46. The van der Waals surface area contributed by atoms with Crippen LogP contribution in [0.5, 0.6) is 0 Å². The Kier molecular flexibility index (Phi) is 2.38. The van der Waals surface area contributed by atoms with Crippen molar-refractivity contribution in [1.29, 1.82) is 5.26 Å². The second kappa shape index (κ2) is 2.67. The molecule has 0 rings (SSSR count). The minimum atomic E-state index is -1.77. The molecule has 0 spiro atoms. The number of carbonyl (C=O) groups is 1. The van der Waals surface area contributed by atoms with Gasteiger partial charge in [-0.2, -0.15) is 5.26 Å². The van der Waals surface area contributed by atoms with Crippen molar-refractivity contribution in [3.05, 3.63) is 0 Å². The first-order valence-corrected chi connectivity index (χ1v) is 2.78. The first kappa shape index (κ1) is 8.92. The Hall–Kier alpha value is -1.08. The molecule has 0 aromatic carbocycles. The first-order chi connectivity index (χ1) is 4.41. The maximum atomic E-state index is 10.2. The van der Waals surface area contributed by atoms with Gasteiger partial charge < -0.3 is 10.2 Å². The molecular formula is C6H9NO3. The van der Waals surface area contributed by atoms with Crippen LogP contribution < -0.4 is 0 Å². The van der Waals surface area contributed by atoms with E-state index in [9.17, 15) is 4.79 Å². The third-order valence-corrected chi connectivity index (χ3v) is 1.44. The average Bonchev–Trinajstić information content (AvgIpc) is 1.86. The van der Waals surface area contributed by atoms with Crippen molar-refractivity contribution in [2.24, 2.45) is 5.92 Å². The van der Waals surface area contributed by atoms with Gasteiger partial charge in [-0.05, 0) is 13.8 Å². The number of nitrogens with zero attached hydrogens (tertiary/aromatic N) is 1. The van der Waals surface area contributed by atoms with Crippen LogP contribution in [0.25, 0.3) is 0 Å². The van der Waals surface area contributed by atoms with Gasteiger partial charge >= 0.3 is 5.97 Å². The van der Waals surface area contributed by atoms with E-state index in [0.29, 0.717) is 0 Å². The SMILES string of the molecule is CC(C(=O)O)C(C)(O)C#N. The molecule has 2 unspecified atom stereocenters. The van der Waals surface area contributed by atoms with Gasteiger partial charge in [-0.25, -0.2) is 0 Å². The van der Waals surface area contributed by atoms with E-state index < -0.39 is 17.5 Å². The Labute approximate surface area is 58.7 Å². The van der Waals surface area contributed by atoms with E-state index in [0.717, 1.165) is 0 Å². The van der Waals surface area contributed by atoms with E-state index in [1.807, 2.05) is 0 Å². The molecule has 4 heteroatoms. The third-order valence-electron chi connectivity index (χ3n) is 1.44. The monoisotopic (exact) mass is 143 g/mol. The molecule has 2 N–H and O–H groups in total. The molecule has 0 fully saturated rings. The molecule has 0 aromatic rings. The highest BCUT2D eigenvalue weighted by Gasteiger charge is 2.33. The number of hydrogen-bond donors (Lipinski definition) is 2. The summed E-state index contributed by atoms with van der Waals surface area (Å²) in [5.41, 5.74) is -1.77. The molecule has 56 valence electrons. The molecule has 0 bridgehead atoms. The number of carboxylic acid groups (broad SMARTS) is 1. The summed E-state index contributed by atoms with van der Waals surface area (Å²) >= 11 is 0. The third kappa shape index (κ3) is 1.71. The van der Waals surface area contributed by atoms with Crippen molar-refractivity contribution in [2.75, 3.05) is 0 Å². The number of carboxylic acids is 1. The maximum Gasteiger partial charge on any atom is 0.310 e. The van der Waals surface area contributed by atoms with Gasteiger partial charge in [-0.15, -0.1) is 0 Å². The van der Waals surface area contributed by atoms with Crippen molar-refractivity contribution in [1.82, 2.24) is 0 Å². The maximum absolute atomic E-state index is 10.2. The first-order valence-electron chi connectivity index (χ1n) is 2.78. The van der Waals surface area contributed by atoms with E-state index in [1.54, 1.807) is 0 Å². The van der Waals surface area contributed by atoms with Gasteiger partial charge in [0.2, 0.25) is 0 Å². The Balaban J connectivity index is 4.37. The summed E-state index contributed by atoms with van der Waals surface area (Å²) in [6, 6.07) is 1.50. The molecule has 4 nitrogen and oxygen atoms in total. The van der Waals surface area contributed by atoms with Crippen LogP contribution in [0.2, 0.25) is 0 Å².